The molecule has 2 rings (SSSR count). The third kappa shape index (κ3) is 8.33. The van der Waals surface area contributed by atoms with Crippen molar-refractivity contribution in [2.45, 2.75) is 25.7 Å². The molecule has 2 saturated heterocycles. The molecule has 16 heavy (non-hydrogen) atoms. The van der Waals surface area contributed by atoms with E-state index in [9.17, 15) is 0 Å². The van der Waals surface area contributed by atoms with Crippen LogP contribution in [-0.4, -0.2) is 92.7 Å². The summed E-state index contributed by atoms with van der Waals surface area (Å²) in [5.41, 5.74) is 0. The smallest absolute Gasteiger partial charge is 0.0756 e. The van der Waals surface area contributed by atoms with Gasteiger partial charge in [0.1, 0.15) is 0 Å². The summed E-state index contributed by atoms with van der Waals surface area (Å²) >= 11 is 0. The standard InChI is InChI=1S/2C4H13NSi2.H6Si2/c2*6-7-5-3-1-2-4-5;1-2/h2*1-4,7H2,6H3;1-2H3. The van der Waals surface area contributed by atoms with E-state index in [1.54, 1.807) is 0 Å². The van der Waals surface area contributed by atoms with Gasteiger partial charge in [0.15, 0.2) is 0 Å². The van der Waals surface area contributed by atoms with Crippen molar-refractivity contribution in [2.75, 3.05) is 26.2 Å². The molecule has 98 valence electrons. The Balaban J connectivity index is 0.000000244. The average molecular weight is 325 g/mol. The Hall–Kier alpha value is 1.22. The van der Waals surface area contributed by atoms with E-state index in [0.29, 0.717) is 18.4 Å². The average Bonchev–Trinajstić information content (AvgIpc) is 3.05. The van der Waals surface area contributed by atoms with E-state index in [4.69, 9.17) is 0 Å². The van der Waals surface area contributed by atoms with E-state index in [-0.39, 0.29) is 0 Å². The van der Waals surface area contributed by atoms with Gasteiger partial charge in [-0.3, -0.25) is 0 Å². The molecule has 0 saturated carbocycles. The second-order valence-electron chi connectivity index (χ2n) is 4.28. The molecule has 0 amide bonds. The lowest BCUT2D eigenvalue weighted by atomic mass is 10.4. The van der Waals surface area contributed by atoms with E-state index >= 15 is 0 Å². The Morgan fingerprint density at radius 3 is 1.00 bits per heavy atom. The molecule has 0 spiro atoms. The first-order valence-corrected chi connectivity index (χ1v) is 27.9. The summed E-state index contributed by atoms with van der Waals surface area (Å²) in [6.07, 6.45) is 5.93. The highest BCUT2D eigenvalue weighted by molar-refractivity contribution is 6.87. The van der Waals surface area contributed by atoms with E-state index in [1.165, 1.54) is 90.9 Å². The maximum absolute atomic E-state index is 2.69. The van der Waals surface area contributed by atoms with Gasteiger partial charge in [-0.05, 0) is 71.4 Å². The molecule has 0 aliphatic carbocycles. The van der Waals surface area contributed by atoms with Crippen LogP contribution in [0.1, 0.15) is 25.7 Å². The minimum absolute atomic E-state index is 0.363. The fourth-order valence-corrected chi connectivity index (χ4v) is 8.15. The molecule has 0 aromatic rings. The van der Waals surface area contributed by atoms with Crippen LogP contribution in [0.2, 0.25) is 0 Å². The van der Waals surface area contributed by atoms with Gasteiger partial charge in [0.25, 0.3) is 0 Å². The molecule has 0 N–H and O–H groups in total. The van der Waals surface area contributed by atoms with Crippen LogP contribution in [0.25, 0.3) is 0 Å². The lowest BCUT2D eigenvalue weighted by Gasteiger charge is -2.08. The topological polar surface area (TPSA) is 6.48 Å². The summed E-state index contributed by atoms with van der Waals surface area (Å²) in [6, 6.07) is 0. The number of rotatable bonds is 2. The van der Waals surface area contributed by atoms with Gasteiger partial charge in [0.05, 0.1) is 18.4 Å². The van der Waals surface area contributed by atoms with E-state index in [0.717, 1.165) is 0 Å². The second-order valence-corrected chi connectivity index (χ2v) is 11.1. The fraction of sp³-hybridized carbons (Fsp3) is 1.00. The van der Waals surface area contributed by atoms with Crippen molar-refractivity contribution in [3.8, 4) is 0 Å². The molecule has 0 aromatic carbocycles. The Labute approximate surface area is 118 Å². The highest BCUT2D eigenvalue weighted by Crippen LogP contribution is 2.03. The fourth-order valence-electron chi connectivity index (χ4n) is 2.20. The lowest BCUT2D eigenvalue weighted by molar-refractivity contribution is 0.561. The van der Waals surface area contributed by atoms with Crippen molar-refractivity contribution in [3.63, 3.8) is 0 Å². The summed E-state index contributed by atoms with van der Waals surface area (Å²) in [6.45, 7) is 5.76. The molecule has 8 heteroatoms. The highest BCUT2D eigenvalue weighted by atomic mass is 29.1. The zero-order valence-corrected chi connectivity index (χ0v) is 22.8. The maximum Gasteiger partial charge on any atom is 0.0756 e. The van der Waals surface area contributed by atoms with Crippen LogP contribution in [-0.2, 0) is 0 Å². The first-order chi connectivity index (χ1) is 7.86. The van der Waals surface area contributed by atoms with Gasteiger partial charge in [0, 0.05) is 19.5 Å². The third-order valence-corrected chi connectivity index (χ3v) is 11.7. The second kappa shape index (κ2) is 12.7. The minimum Gasteiger partial charge on any atom is -0.332 e. The van der Waals surface area contributed by atoms with Gasteiger partial charge < -0.3 is 9.13 Å². The van der Waals surface area contributed by atoms with Gasteiger partial charge >= 0.3 is 0 Å². The van der Waals surface area contributed by atoms with Gasteiger partial charge in [-0.2, -0.15) is 0 Å². The summed E-state index contributed by atoms with van der Waals surface area (Å²) in [5.74, 6) is 0. The largest absolute Gasteiger partial charge is 0.332 e. The quantitative estimate of drug-likeness (QED) is 0.468. The summed E-state index contributed by atoms with van der Waals surface area (Å²) < 4.78 is 5.37. The van der Waals surface area contributed by atoms with Crippen LogP contribution < -0.4 is 0 Å². The van der Waals surface area contributed by atoms with Crippen LogP contribution in [0.15, 0.2) is 0 Å². The zero-order chi connectivity index (χ0) is 12.2. The molecule has 0 aromatic heterocycles. The van der Waals surface area contributed by atoms with Gasteiger partial charge in [-0.1, -0.05) is 0 Å². The summed E-state index contributed by atoms with van der Waals surface area (Å²) in [5, 5.41) is 0. The Kier molecular flexibility index (Phi) is 13.6. The minimum atomic E-state index is 0.363. The van der Waals surface area contributed by atoms with E-state index in [1.807, 2.05) is 0 Å². The molecule has 2 nitrogen and oxygen atoms in total. The summed E-state index contributed by atoms with van der Waals surface area (Å²) in [7, 11) is 6.61. The van der Waals surface area contributed by atoms with E-state index < -0.39 is 0 Å². The first kappa shape index (κ1) is 17.2. The van der Waals surface area contributed by atoms with Crippen molar-refractivity contribution in [1.82, 2.24) is 9.13 Å². The van der Waals surface area contributed by atoms with Crippen molar-refractivity contribution < 1.29 is 0 Å². The van der Waals surface area contributed by atoms with Crippen LogP contribution in [0.4, 0.5) is 0 Å². The molecule has 2 aliphatic heterocycles. The van der Waals surface area contributed by atoms with Gasteiger partial charge in [-0.25, -0.2) is 0 Å². The van der Waals surface area contributed by atoms with Crippen molar-refractivity contribution in [1.29, 1.82) is 0 Å². The van der Waals surface area contributed by atoms with Crippen LogP contribution in [0.5, 0.6) is 0 Å². The highest BCUT2D eigenvalue weighted by Gasteiger charge is 2.07. The molecule has 0 radical (unpaired) electrons. The maximum atomic E-state index is 2.69. The van der Waals surface area contributed by atoms with Crippen molar-refractivity contribution >= 4 is 57.4 Å². The lowest BCUT2D eigenvalue weighted by Crippen LogP contribution is -2.23. The van der Waals surface area contributed by atoms with E-state index in [2.05, 4.69) is 9.13 Å². The molecule has 0 bridgehead atoms. The molecule has 0 atom stereocenters. The molecular formula is C8H32N2Si6. The SMILES string of the molecule is [SiH3][SiH2]N1CCCC1.[SiH3][SiH2]N1CCCC1.[SiH3][SiH3]. The monoisotopic (exact) mass is 324 g/mol. The number of hydrogen-bond acceptors (Lipinski definition) is 2. The number of nitrogens with zero attached hydrogens (tertiary/aromatic N) is 2. The summed E-state index contributed by atoms with van der Waals surface area (Å²) in [4.78, 5) is 0. The molecule has 2 aliphatic rings. The molecule has 2 heterocycles. The van der Waals surface area contributed by atoms with Gasteiger partial charge in [0.2, 0.25) is 0 Å². The third-order valence-electron chi connectivity index (χ3n) is 3.29. The Bertz CT molecular complexity index is 122. The predicted octanol–water partition coefficient (Wildman–Crippen LogP) is -5.47. The van der Waals surface area contributed by atoms with Crippen LogP contribution >= 0.6 is 0 Å². The first-order valence-electron chi connectivity index (χ1n) is 7.31. The zero-order valence-electron chi connectivity index (χ0n) is 12.0. The molecule has 2 fully saturated rings. The normalized spacial score (nSPS) is 23.2. The molecule has 0 unspecified atom stereocenters. The predicted molar refractivity (Wildman–Crippen MR) is 98.5 cm³/mol. The Morgan fingerprint density at radius 1 is 0.625 bits per heavy atom. The van der Waals surface area contributed by atoms with Gasteiger partial charge in [-0.15, -0.1) is 0 Å². The van der Waals surface area contributed by atoms with Crippen LogP contribution in [0, 0.1) is 0 Å². The Morgan fingerprint density at radius 2 is 0.875 bits per heavy atom. The van der Waals surface area contributed by atoms with Crippen LogP contribution in [0.3, 0.4) is 0 Å². The van der Waals surface area contributed by atoms with Crippen molar-refractivity contribution in [3.05, 3.63) is 0 Å². The number of hydrogen-bond donors (Lipinski definition) is 0. The molecular weight excluding hydrogens is 293 g/mol. The van der Waals surface area contributed by atoms with Crippen molar-refractivity contribution in [2.24, 2.45) is 0 Å².